The Morgan fingerprint density at radius 2 is 2.43 bits per heavy atom. The van der Waals surface area contributed by atoms with E-state index in [0.29, 0.717) is 6.42 Å². The number of rotatable bonds is 5. The number of carboxylic acids is 1. The molecule has 1 aromatic rings. The quantitative estimate of drug-likeness (QED) is 0.769. The Morgan fingerprint density at radius 1 is 1.64 bits per heavy atom. The Hall–Kier alpha value is -1.49. The molecule has 0 spiro atoms. The third-order valence-corrected chi connectivity index (χ3v) is 1.54. The van der Waals surface area contributed by atoms with Crippen LogP contribution in [-0.2, 0) is 16.0 Å². The van der Waals surface area contributed by atoms with Crippen LogP contribution in [0.5, 0.6) is 0 Å². The van der Waals surface area contributed by atoms with Crippen molar-refractivity contribution in [2.24, 2.45) is 0 Å². The highest BCUT2D eigenvalue weighted by atomic mass is 19.1. The Bertz CT molecular complexity index is 291. The van der Waals surface area contributed by atoms with Gasteiger partial charge in [0.1, 0.15) is 0 Å². The smallest absolute Gasteiger partial charge is 0.366 e. The van der Waals surface area contributed by atoms with Crippen LogP contribution in [0.25, 0.3) is 0 Å². The number of ether oxygens (including phenoxy) is 1. The number of pyridine rings is 1. The van der Waals surface area contributed by atoms with Crippen molar-refractivity contribution in [3.63, 3.8) is 0 Å². The van der Waals surface area contributed by atoms with Gasteiger partial charge < -0.3 is 9.84 Å². The van der Waals surface area contributed by atoms with E-state index in [2.05, 4.69) is 9.72 Å². The molecule has 0 saturated heterocycles. The predicted octanol–water partition coefficient (Wildman–Crippen LogP) is 1.02. The molecule has 0 aliphatic rings. The predicted molar refractivity (Wildman–Crippen MR) is 46.4 cm³/mol. The number of nitrogens with zero attached hydrogens (tertiary/aromatic N) is 1. The number of aliphatic carboxylic acids is 1. The molecule has 0 amide bonds. The summed E-state index contributed by atoms with van der Waals surface area (Å²) in [4.78, 5) is 14.0. The summed E-state index contributed by atoms with van der Waals surface area (Å²) in [5, 5.41) is 8.16. The van der Waals surface area contributed by atoms with Crippen molar-refractivity contribution in [3.05, 3.63) is 30.1 Å². The van der Waals surface area contributed by atoms with E-state index < -0.39 is 12.3 Å². The highest BCUT2D eigenvalue weighted by Gasteiger charge is 2.15. The molecule has 14 heavy (non-hydrogen) atoms. The number of hydrogen-bond donors (Lipinski definition) is 1. The van der Waals surface area contributed by atoms with E-state index in [-0.39, 0.29) is 6.61 Å². The largest absolute Gasteiger partial charge is 0.477 e. The summed E-state index contributed by atoms with van der Waals surface area (Å²) in [7, 11) is 0. The molecular weight excluding hydrogens is 189 g/mol. The molecule has 1 aromatic heterocycles. The molecule has 1 atom stereocenters. The van der Waals surface area contributed by atoms with Crippen LogP contribution in [0.2, 0.25) is 0 Å². The fraction of sp³-hybridized carbons (Fsp3) is 0.333. The van der Waals surface area contributed by atoms with E-state index >= 15 is 0 Å². The Kier molecular flexibility index (Phi) is 4.00. The third-order valence-electron chi connectivity index (χ3n) is 1.54. The summed E-state index contributed by atoms with van der Waals surface area (Å²) in [6.07, 6.45) is -0.243. The average Bonchev–Trinajstić information content (AvgIpc) is 2.19. The van der Waals surface area contributed by atoms with Crippen LogP contribution in [0.3, 0.4) is 0 Å². The molecule has 5 heteroatoms. The van der Waals surface area contributed by atoms with E-state index in [0.717, 1.165) is 5.69 Å². The third kappa shape index (κ3) is 3.49. The van der Waals surface area contributed by atoms with Gasteiger partial charge in [-0.3, -0.25) is 4.98 Å². The number of carbonyl (C=O) groups is 1. The van der Waals surface area contributed by atoms with Crippen molar-refractivity contribution in [3.8, 4) is 0 Å². The van der Waals surface area contributed by atoms with Gasteiger partial charge in [0.25, 0.3) is 6.36 Å². The minimum atomic E-state index is -2.25. The molecule has 0 aromatic carbocycles. The highest BCUT2D eigenvalue weighted by molar-refractivity contribution is 5.70. The normalized spacial score (nSPS) is 12.4. The summed E-state index contributed by atoms with van der Waals surface area (Å²) in [5.74, 6) is -1.61. The standard InChI is InChI=1S/C9H10FNO3/c10-8(9(12)13)14-6-4-7-3-1-2-5-11-7/h1-3,5,8H,4,6H2,(H,12,13). The Labute approximate surface area is 80.3 Å². The van der Waals surface area contributed by atoms with Crippen LogP contribution < -0.4 is 0 Å². The number of alkyl halides is 1. The average molecular weight is 199 g/mol. The molecule has 1 N–H and O–H groups in total. The lowest BCUT2D eigenvalue weighted by atomic mass is 10.3. The second-order valence-electron chi connectivity index (χ2n) is 2.60. The van der Waals surface area contributed by atoms with Crippen LogP contribution in [0, 0.1) is 0 Å². The van der Waals surface area contributed by atoms with Crippen molar-refractivity contribution >= 4 is 5.97 Å². The van der Waals surface area contributed by atoms with E-state index in [1.165, 1.54) is 0 Å². The maximum atomic E-state index is 12.4. The van der Waals surface area contributed by atoms with Gasteiger partial charge in [0.15, 0.2) is 0 Å². The highest BCUT2D eigenvalue weighted by Crippen LogP contribution is 1.98. The second kappa shape index (κ2) is 5.29. The molecule has 0 saturated carbocycles. The summed E-state index contributed by atoms with van der Waals surface area (Å²) in [5.41, 5.74) is 0.741. The zero-order valence-corrected chi connectivity index (χ0v) is 7.39. The molecule has 76 valence electrons. The summed E-state index contributed by atoms with van der Waals surface area (Å²) < 4.78 is 16.8. The fourth-order valence-electron chi connectivity index (χ4n) is 0.884. The molecule has 0 aliphatic heterocycles. The van der Waals surface area contributed by atoms with E-state index in [1.807, 2.05) is 0 Å². The van der Waals surface area contributed by atoms with Crippen molar-refractivity contribution in [2.45, 2.75) is 12.8 Å². The van der Waals surface area contributed by atoms with Gasteiger partial charge in [-0.1, -0.05) is 6.07 Å². The molecule has 0 radical (unpaired) electrons. The zero-order chi connectivity index (χ0) is 10.4. The van der Waals surface area contributed by atoms with E-state index in [4.69, 9.17) is 5.11 Å². The van der Waals surface area contributed by atoms with Crippen molar-refractivity contribution in [2.75, 3.05) is 6.61 Å². The topological polar surface area (TPSA) is 59.4 Å². The molecule has 0 aliphatic carbocycles. The molecule has 1 rings (SSSR count). The number of carboxylic acid groups (broad SMARTS) is 1. The summed E-state index contributed by atoms with van der Waals surface area (Å²) in [6.45, 7) is 0.00444. The first-order chi connectivity index (χ1) is 6.70. The lowest BCUT2D eigenvalue weighted by Crippen LogP contribution is -2.19. The van der Waals surface area contributed by atoms with Gasteiger partial charge in [-0.25, -0.2) is 9.18 Å². The van der Waals surface area contributed by atoms with Crippen LogP contribution in [0.1, 0.15) is 5.69 Å². The van der Waals surface area contributed by atoms with Crippen molar-refractivity contribution in [1.29, 1.82) is 0 Å². The van der Waals surface area contributed by atoms with Gasteiger partial charge in [-0.15, -0.1) is 0 Å². The van der Waals surface area contributed by atoms with Crippen LogP contribution in [0.4, 0.5) is 4.39 Å². The maximum absolute atomic E-state index is 12.4. The first-order valence-corrected chi connectivity index (χ1v) is 4.08. The second-order valence-corrected chi connectivity index (χ2v) is 2.60. The van der Waals surface area contributed by atoms with Gasteiger partial charge in [-0.2, -0.15) is 0 Å². The van der Waals surface area contributed by atoms with Gasteiger partial charge in [0.05, 0.1) is 6.61 Å². The van der Waals surface area contributed by atoms with Crippen molar-refractivity contribution in [1.82, 2.24) is 4.98 Å². The molecule has 0 fully saturated rings. The van der Waals surface area contributed by atoms with E-state index in [1.54, 1.807) is 24.4 Å². The molecule has 1 unspecified atom stereocenters. The number of hydrogen-bond acceptors (Lipinski definition) is 3. The lowest BCUT2D eigenvalue weighted by molar-refractivity contribution is -0.162. The summed E-state index contributed by atoms with van der Waals surface area (Å²) >= 11 is 0. The number of halogens is 1. The van der Waals surface area contributed by atoms with Gasteiger partial charge >= 0.3 is 5.97 Å². The SMILES string of the molecule is O=C(O)C(F)OCCc1ccccn1. The van der Waals surface area contributed by atoms with Gasteiger partial charge in [0, 0.05) is 18.3 Å². The van der Waals surface area contributed by atoms with Gasteiger partial charge in [0.2, 0.25) is 0 Å². The first kappa shape index (κ1) is 10.6. The van der Waals surface area contributed by atoms with Crippen LogP contribution in [-0.4, -0.2) is 29.0 Å². The molecule has 4 nitrogen and oxygen atoms in total. The zero-order valence-electron chi connectivity index (χ0n) is 7.39. The fourth-order valence-corrected chi connectivity index (χ4v) is 0.884. The molecule has 1 heterocycles. The minimum Gasteiger partial charge on any atom is -0.477 e. The Balaban J connectivity index is 2.26. The maximum Gasteiger partial charge on any atom is 0.366 e. The first-order valence-electron chi connectivity index (χ1n) is 4.08. The Morgan fingerprint density at radius 3 is 3.00 bits per heavy atom. The van der Waals surface area contributed by atoms with E-state index in [9.17, 15) is 9.18 Å². The molecular formula is C9H10FNO3. The summed E-state index contributed by atoms with van der Waals surface area (Å²) in [6, 6.07) is 5.32. The van der Waals surface area contributed by atoms with Crippen molar-refractivity contribution < 1.29 is 19.0 Å². The monoisotopic (exact) mass is 199 g/mol. The lowest BCUT2D eigenvalue weighted by Gasteiger charge is -2.04. The molecule has 0 bridgehead atoms. The number of aromatic nitrogens is 1. The van der Waals surface area contributed by atoms with Crippen LogP contribution >= 0.6 is 0 Å². The van der Waals surface area contributed by atoms with Gasteiger partial charge in [-0.05, 0) is 12.1 Å². The van der Waals surface area contributed by atoms with Crippen LogP contribution in [0.15, 0.2) is 24.4 Å². The minimum absolute atomic E-state index is 0.00444.